The van der Waals surface area contributed by atoms with Crippen LogP contribution in [0.1, 0.15) is 27.7 Å². The van der Waals surface area contributed by atoms with Gasteiger partial charge in [0.05, 0.1) is 22.7 Å². The van der Waals surface area contributed by atoms with Crippen LogP contribution >= 0.6 is 11.3 Å². The molecule has 0 radical (unpaired) electrons. The number of aryl methyl sites for hydroxylation is 1. The van der Waals surface area contributed by atoms with Crippen molar-refractivity contribution in [2.75, 3.05) is 6.54 Å². The van der Waals surface area contributed by atoms with Gasteiger partial charge >= 0.3 is 0 Å². The van der Waals surface area contributed by atoms with E-state index < -0.39 is 0 Å². The highest BCUT2D eigenvalue weighted by Gasteiger charge is 2.20. The maximum atomic E-state index is 4.81. The average Bonchev–Trinajstić information content (AvgIpc) is 3.15. The number of imidazole rings is 1. The lowest BCUT2D eigenvalue weighted by molar-refractivity contribution is 0.237. The maximum Gasteiger partial charge on any atom is 0.0972 e. The Morgan fingerprint density at radius 3 is 2.96 bits per heavy atom. The molecule has 1 aliphatic heterocycles. The molecule has 0 fully saturated rings. The van der Waals surface area contributed by atoms with Crippen LogP contribution in [0.4, 0.5) is 0 Å². The fraction of sp³-hybridized carbons (Fsp3) is 0.333. The summed E-state index contributed by atoms with van der Waals surface area (Å²) < 4.78 is 2.15. The van der Waals surface area contributed by atoms with E-state index in [1.165, 1.54) is 27.7 Å². The van der Waals surface area contributed by atoms with Crippen molar-refractivity contribution in [3.63, 3.8) is 0 Å². The van der Waals surface area contributed by atoms with Crippen LogP contribution in [-0.2, 0) is 33.0 Å². The van der Waals surface area contributed by atoms with Crippen molar-refractivity contribution in [1.29, 1.82) is 0 Å². The Labute approximate surface area is 140 Å². The summed E-state index contributed by atoms with van der Waals surface area (Å²) in [6.07, 6.45) is 3.93. The summed E-state index contributed by atoms with van der Waals surface area (Å²) >= 11 is 1.77. The molecule has 23 heavy (non-hydrogen) atoms. The third-order valence-corrected chi connectivity index (χ3v) is 5.26. The molecule has 4 nitrogen and oxygen atoms in total. The van der Waals surface area contributed by atoms with Crippen molar-refractivity contribution in [3.8, 4) is 0 Å². The van der Waals surface area contributed by atoms with E-state index in [-0.39, 0.29) is 0 Å². The fourth-order valence-corrected chi connectivity index (χ4v) is 3.97. The highest BCUT2D eigenvalue weighted by molar-refractivity contribution is 7.09. The van der Waals surface area contributed by atoms with Crippen molar-refractivity contribution in [1.82, 2.24) is 19.4 Å². The lowest BCUT2D eigenvalue weighted by Crippen LogP contribution is -2.30. The Morgan fingerprint density at radius 1 is 1.22 bits per heavy atom. The first kappa shape index (κ1) is 14.6. The molecule has 0 aliphatic carbocycles. The van der Waals surface area contributed by atoms with E-state index in [2.05, 4.69) is 57.2 Å². The molecule has 0 bridgehead atoms. The van der Waals surface area contributed by atoms with Crippen LogP contribution in [0.25, 0.3) is 0 Å². The number of hydrogen-bond donors (Lipinski definition) is 0. The van der Waals surface area contributed by atoms with Crippen LogP contribution in [0.15, 0.2) is 42.0 Å². The molecule has 0 saturated heterocycles. The van der Waals surface area contributed by atoms with Gasteiger partial charge in [0.25, 0.3) is 0 Å². The average molecular weight is 324 g/mol. The zero-order valence-electron chi connectivity index (χ0n) is 13.3. The van der Waals surface area contributed by atoms with Crippen molar-refractivity contribution in [2.24, 2.45) is 7.05 Å². The van der Waals surface area contributed by atoms with Gasteiger partial charge in [0.15, 0.2) is 0 Å². The van der Waals surface area contributed by atoms with E-state index in [0.717, 1.165) is 32.5 Å². The zero-order valence-corrected chi connectivity index (χ0v) is 14.1. The summed E-state index contributed by atoms with van der Waals surface area (Å²) in [7, 11) is 2.08. The predicted octanol–water partition coefficient (Wildman–Crippen LogP) is 3.03. The minimum atomic E-state index is 0.918. The lowest BCUT2D eigenvalue weighted by atomic mass is 10.1. The van der Waals surface area contributed by atoms with E-state index in [1.807, 2.05) is 6.33 Å². The summed E-state index contributed by atoms with van der Waals surface area (Å²) in [6.45, 7) is 2.93. The number of hydrogen-bond acceptors (Lipinski definition) is 4. The molecule has 0 N–H and O–H groups in total. The molecule has 1 aliphatic rings. The van der Waals surface area contributed by atoms with Gasteiger partial charge in [0.1, 0.15) is 0 Å². The second kappa shape index (κ2) is 6.26. The van der Waals surface area contributed by atoms with Gasteiger partial charge in [-0.1, -0.05) is 30.3 Å². The molecule has 3 aromatic rings. The Kier molecular flexibility index (Phi) is 3.97. The quantitative estimate of drug-likeness (QED) is 0.740. The monoisotopic (exact) mass is 324 g/mol. The number of benzene rings is 1. The SMILES string of the molecule is Cn1cnc2c1CCN(Cc1csc(Cc3ccccc3)n1)C2. The summed E-state index contributed by atoms with van der Waals surface area (Å²) in [6, 6.07) is 10.5. The lowest BCUT2D eigenvalue weighted by Gasteiger charge is -2.25. The van der Waals surface area contributed by atoms with E-state index in [0.29, 0.717) is 0 Å². The first-order chi connectivity index (χ1) is 11.3. The van der Waals surface area contributed by atoms with Gasteiger partial charge in [-0.3, -0.25) is 4.90 Å². The Morgan fingerprint density at radius 2 is 2.09 bits per heavy atom. The molecule has 4 rings (SSSR count). The summed E-state index contributed by atoms with van der Waals surface area (Å²) in [5.74, 6) is 0. The van der Waals surface area contributed by atoms with Crippen LogP contribution in [0, 0.1) is 0 Å². The number of fused-ring (bicyclic) bond motifs is 1. The number of nitrogens with zero attached hydrogens (tertiary/aromatic N) is 4. The molecule has 0 spiro atoms. The van der Waals surface area contributed by atoms with Crippen molar-refractivity contribution >= 4 is 11.3 Å². The van der Waals surface area contributed by atoms with Gasteiger partial charge in [-0.15, -0.1) is 11.3 Å². The van der Waals surface area contributed by atoms with Gasteiger partial charge in [-0.2, -0.15) is 0 Å². The topological polar surface area (TPSA) is 34.0 Å². The number of rotatable bonds is 4. The minimum absolute atomic E-state index is 0.918. The van der Waals surface area contributed by atoms with Crippen LogP contribution in [0.2, 0.25) is 0 Å². The van der Waals surface area contributed by atoms with Gasteiger partial charge in [0, 0.05) is 50.6 Å². The van der Waals surface area contributed by atoms with E-state index in [1.54, 1.807) is 11.3 Å². The maximum absolute atomic E-state index is 4.81. The van der Waals surface area contributed by atoms with Crippen molar-refractivity contribution in [2.45, 2.75) is 25.9 Å². The van der Waals surface area contributed by atoms with Crippen LogP contribution in [0.5, 0.6) is 0 Å². The smallest absolute Gasteiger partial charge is 0.0972 e. The van der Waals surface area contributed by atoms with Gasteiger partial charge < -0.3 is 4.57 Å². The molecule has 3 heterocycles. The molecule has 0 unspecified atom stereocenters. The predicted molar refractivity (Wildman–Crippen MR) is 92.4 cm³/mol. The molecule has 1 aromatic carbocycles. The molecule has 118 valence electrons. The van der Waals surface area contributed by atoms with Crippen LogP contribution < -0.4 is 0 Å². The Balaban J connectivity index is 1.40. The molecule has 0 amide bonds. The molecule has 5 heteroatoms. The van der Waals surface area contributed by atoms with E-state index in [4.69, 9.17) is 4.98 Å². The first-order valence-corrected chi connectivity index (χ1v) is 8.84. The van der Waals surface area contributed by atoms with Gasteiger partial charge in [-0.25, -0.2) is 9.97 Å². The minimum Gasteiger partial charge on any atom is -0.337 e. The fourth-order valence-electron chi connectivity index (χ4n) is 3.15. The zero-order chi connectivity index (χ0) is 15.6. The van der Waals surface area contributed by atoms with Gasteiger partial charge in [-0.05, 0) is 5.56 Å². The number of thiazole rings is 1. The third kappa shape index (κ3) is 3.21. The summed E-state index contributed by atoms with van der Waals surface area (Å²) in [4.78, 5) is 11.8. The van der Waals surface area contributed by atoms with Crippen LogP contribution in [0.3, 0.4) is 0 Å². The van der Waals surface area contributed by atoms with Gasteiger partial charge in [0.2, 0.25) is 0 Å². The van der Waals surface area contributed by atoms with Crippen LogP contribution in [-0.4, -0.2) is 26.0 Å². The molecule has 0 atom stereocenters. The highest BCUT2D eigenvalue weighted by atomic mass is 32.1. The highest BCUT2D eigenvalue weighted by Crippen LogP contribution is 2.20. The molecule has 2 aromatic heterocycles. The Hall–Kier alpha value is -1.98. The van der Waals surface area contributed by atoms with E-state index in [9.17, 15) is 0 Å². The molecular weight excluding hydrogens is 304 g/mol. The van der Waals surface area contributed by atoms with Crippen molar-refractivity contribution < 1.29 is 0 Å². The van der Waals surface area contributed by atoms with Crippen molar-refractivity contribution in [3.05, 3.63) is 69.7 Å². The summed E-state index contributed by atoms with van der Waals surface area (Å²) in [5, 5.41) is 3.40. The Bertz CT molecular complexity index is 790. The largest absolute Gasteiger partial charge is 0.337 e. The van der Waals surface area contributed by atoms with E-state index >= 15 is 0 Å². The summed E-state index contributed by atoms with van der Waals surface area (Å²) in [5.41, 5.74) is 5.10. The second-order valence-electron chi connectivity index (χ2n) is 6.10. The molecule has 0 saturated carbocycles. The first-order valence-electron chi connectivity index (χ1n) is 7.96. The normalized spacial score (nSPS) is 14.8. The number of aromatic nitrogens is 3. The second-order valence-corrected chi connectivity index (χ2v) is 7.05. The standard InChI is InChI=1S/C18H20N4S/c1-21-13-19-16-11-22(8-7-17(16)21)10-15-12-23-18(20-15)9-14-5-3-2-4-6-14/h2-6,12-13H,7-11H2,1H3. The molecular formula is C18H20N4S. The third-order valence-electron chi connectivity index (χ3n) is 4.37.